The van der Waals surface area contributed by atoms with Crippen molar-refractivity contribution in [3.63, 3.8) is 0 Å². The highest BCUT2D eigenvalue weighted by Crippen LogP contribution is 2.22. The molecule has 3 nitrogen and oxygen atoms in total. The molecule has 0 saturated carbocycles. The largest absolute Gasteiger partial charge is 0.338 e. The Morgan fingerprint density at radius 2 is 2.05 bits per heavy atom. The van der Waals surface area contributed by atoms with E-state index >= 15 is 0 Å². The average Bonchev–Trinajstić information content (AvgIpc) is 2.33. The minimum atomic E-state index is -0.294. The van der Waals surface area contributed by atoms with Gasteiger partial charge in [-0.1, -0.05) is 13.0 Å². The van der Waals surface area contributed by atoms with E-state index in [2.05, 4.69) is 38.1 Å². The number of aromatic nitrogens is 2. The second-order valence-corrected chi connectivity index (χ2v) is 5.16. The van der Waals surface area contributed by atoms with Gasteiger partial charge in [0.25, 0.3) is 0 Å². The van der Waals surface area contributed by atoms with E-state index in [0.717, 1.165) is 24.2 Å². The van der Waals surface area contributed by atoms with Crippen molar-refractivity contribution in [2.24, 2.45) is 0 Å². The lowest BCUT2D eigenvalue weighted by molar-refractivity contribution is 0.631. The van der Waals surface area contributed by atoms with Crippen molar-refractivity contribution in [2.45, 2.75) is 26.7 Å². The van der Waals surface area contributed by atoms with Crippen LogP contribution in [0.1, 0.15) is 24.7 Å². The van der Waals surface area contributed by atoms with Crippen molar-refractivity contribution < 1.29 is 4.39 Å². The van der Waals surface area contributed by atoms with Crippen LogP contribution in [0, 0.1) is 12.7 Å². The number of nitrogens with one attached hydrogen (secondary N) is 1. The van der Waals surface area contributed by atoms with Crippen molar-refractivity contribution >= 4 is 27.4 Å². The van der Waals surface area contributed by atoms with Gasteiger partial charge in [0.05, 0.1) is 5.69 Å². The van der Waals surface area contributed by atoms with Crippen LogP contribution in [-0.2, 0) is 6.42 Å². The number of anilines is 2. The van der Waals surface area contributed by atoms with Crippen molar-refractivity contribution in [2.75, 3.05) is 5.32 Å². The molecule has 1 N–H and O–H groups in total. The quantitative estimate of drug-likeness (QED) is 0.848. The first kappa shape index (κ1) is 13.9. The van der Waals surface area contributed by atoms with Crippen molar-refractivity contribution in [3.05, 3.63) is 46.1 Å². The second-order valence-electron chi connectivity index (χ2n) is 4.35. The number of halogens is 2. The summed E-state index contributed by atoms with van der Waals surface area (Å²) in [4.78, 5) is 8.65. The first-order chi connectivity index (χ1) is 9.08. The van der Waals surface area contributed by atoms with E-state index in [9.17, 15) is 4.39 Å². The maximum atomic E-state index is 13.7. The van der Waals surface area contributed by atoms with Gasteiger partial charge in [0, 0.05) is 12.5 Å². The first-order valence-corrected chi connectivity index (χ1v) is 6.94. The van der Waals surface area contributed by atoms with Crippen LogP contribution in [0.4, 0.5) is 15.9 Å². The van der Waals surface area contributed by atoms with Gasteiger partial charge in [-0.05, 0) is 47.0 Å². The summed E-state index contributed by atoms with van der Waals surface area (Å²) < 4.78 is 14.4. The van der Waals surface area contributed by atoms with Crippen molar-refractivity contribution in [3.8, 4) is 0 Å². The van der Waals surface area contributed by atoms with Gasteiger partial charge in [-0.3, -0.25) is 0 Å². The molecule has 2 aromatic rings. The molecule has 100 valence electrons. The molecule has 0 radical (unpaired) electrons. The molecule has 0 spiro atoms. The van der Waals surface area contributed by atoms with Crippen LogP contribution in [0.25, 0.3) is 0 Å². The Kier molecular flexibility index (Phi) is 4.47. The summed E-state index contributed by atoms with van der Waals surface area (Å²) in [5.74, 6) is 1.04. The molecule has 0 atom stereocenters. The number of aryl methyl sites for hydroxylation is 2. The van der Waals surface area contributed by atoms with E-state index in [0.29, 0.717) is 16.1 Å². The van der Waals surface area contributed by atoms with Crippen LogP contribution in [0.2, 0.25) is 0 Å². The highest BCUT2D eigenvalue weighted by molar-refractivity contribution is 9.10. The zero-order valence-electron chi connectivity index (χ0n) is 10.9. The Hall–Kier alpha value is -1.49. The molecule has 0 aliphatic rings. The fourth-order valence-corrected chi connectivity index (χ4v) is 2.16. The molecule has 0 amide bonds. The number of rotatable bonds is 4. The van der Waals surface area contributed by atoms with Gasteiger partial charge < -0.3 is 5.32 Å². The summed E-state index contributed by atoms with van der Waals surface area (Å²) in [6.45, 7) is 3.99. The molecule has 5 heteroatoms. The zero-order chi connectivity index (χ0) is 13.8. The average molecular weight is 324 g/mol. The number of hydrogen-bond donors (Lipinski definition) is 1. The third-order valence-electron chi connectivity index (χ3n) is 2.60. The molecule has 1 aromatic heterocycles. The SMILES string of the molecule is CCCc1nc(Br)cc(Nc2cc(C)ccc2F)n1. The lowest BCUT2D eigenvalue weighted by Gasteiger charge is -2.09. The van der Waals surface area contributed by atoms with E-state index in [4.69, 9.17) is 0 Å². The Morgan fingerprint density at radius 3 is 2.79 bits per heavy atom. The van der Waals surface area contributed by atoms with Crippen LogP contribution in [0.3, 0.4) is 0 Å². The van der Waals surface area contributed by atoms with Gasteiger partial charge in [0.2, 0.25) is 0 Å². The minimum Gasteiger partial charge on any atom is -0.338 e. The van der Waals surface area contributed by atoms with E-state index < -0.39 is 0 Å². The molecule has 1 aromatic carbocycles. The molecular weight excluding hydrogens is 309 g/mol. The fraction of sp³-hybridized carbons (Fsp3) is 0.286. The fourth-order valence-electron chi connectivity index (χ4n) is 1.74. The zero-order valence-corrected chi connectivity index (χ0v) is 12.5. The molecule has 0 unspecified atom stereocenters. The van der Waals surface area contributed by atoms with Crippen LogP contribution in [-0.4, -0.2) is 9.97 Å². The Balaban J connectivity index is 2.29. The molecule has 0 fully saturated rings. The van der Waals surface area contributed by atoms with Gasteiger partial charge in [0.15, 0.2) is 0 Å². The highest BCUT2D eigenvalue weighted by atomic mass is 79.9. The van der Waals surface area contributed by atoms with Gasteiger partial charge in [-0.2, -0.15) is 0 Å². The molecule has 0 aliphatic heterocycles. The summed E-state index contributed by atoms with van der Waals surface area (Å²) in [5.41, 5.74) is 1.42. The number of hydrogen-bond acceptors (Lipinski definition) is 3. The molecule has 1 heterocycles. The Morgan fingerprint density at radius 1 is 1.26 bits per heavy atom. The van der Waals surface area contributed by atoms with Gasteiger partial charge >= 0.3 is 0 Å². The van der Waals surface area contributed by atoms with Crippen LogP contribution in [0.15, 0.2) is 28.9 Å². The summed E-state index contributed by atoms with van der Waals surface area (Å²) in [6.07, 6.45) is 1.76. The van der Waals surface area contributed by atoms with Crippen LogP contribution >= 0.6 is 15.9 Å². The highest BCUT2D eigenvalue weighted by Gasteiger charge is 2.06. The van der Waals surface area contributed by atoms with Crippen LogP contribution in [0.5, 0.6) is 0 Å². The lowest BCUT2D eigenvalue weighted by Crippen LogP contribution is -2.02. The summed E-state index contributed by atoms with van der Waals surface area (Å²) in [7, 11) is 0. The Labute approximate surface area is 120 Å². The molecule has 0 bridgehead atoms. The van der Waals surface area contributed by atoms with E-state index in [1.165, 1.54) is 6.07 Å². The van der Waals surface area contributed by atoms with E-state index in [1.54, 1.807) is 18.2 Å². The maximum Gasteiger partial charge on any atom is 0.146 e. The third kappa shape index (κ3) is 3.73. The van der Waals surface area contributed by atoms with Crippen molar-refractivity contribution in [1.29, 1.82) is 0 Å². The number of benzene rings is 1. The summed E-state index contributed by atoms with van der Waals surface area (Å²) in [6, 6.07) is 6.67. The summed E-state index contributed by atoms with van der Waals surface area (Å²) in [5, 5.41) is 3.00. The monoisotopic (exact) mass is 323 g/mol. The molecule has 2 rings (SSSR count). The first-order valence-electron chi connectivity index (χ1n) is 6.15. The normalized spacial score (nSPS) is 10.5. The molecular formula is C14H15BrFN3. The van der Waals surface area contributed by atoms with Gasteiger partial charge in [-0.15, -0.1) is 0 Å². The smallest absolute Gasteiger partial charge is 0.146 e. The third-order valence-corrected chi connectivity index (χ3v) is 3.01. The van der Waals surface area contributed by atoms with Gasteiger partial charge in [0.1, 0.15) is 22.1 Å². The number of nitrogens with zero attached hydrogens (tertiary/aromatic N) is 2. The molecule has 0 aliphatic carbocycles. The standard InChI is InChI=1S/C14H15BrFN3/c1-3-4-13-18-12(15)8-14(19-13)17-11-7-9(2)5-6-10(11)16/h5-8H,3-4H2,1-2H3,(H,17,18,19). The lowest BCUT2D eigenvalue weighted by atomic mass is 10.2. The Bertz CT molecular complexity index is 587. The maximum absolute atomic E-state index is 13.7. The predicted molar refractivity (Wildman–Crippen MR) is 78.1 cm³/mol. The minimum absolute atomic E-state index is 0.294. The predicted octanol–water partition coefficient (Wildman–Crippen LogP) is 4.38. The molecule has 19 heavy (non-hydrogen) atoms. The van der Waals surface area contributed by atoms with E-state index in [-0.39, 0.29) is 5.82 Å². The van der Waals surface area contributed by atoms with Gasteiger partial charge in [-0.25, -0.2) is 14.4 Å². The second kappa shape index (κ2) is 6.10. The topological polar surface area (TPSA) is 37.8 Å². The van der Waals surface area contributed by atoms with Crippen molar-refractivity contribution in [1.82, 2.24) is 9.97 Å². The van der Waals surface area contributed by atoms with E-state index in [1.807, 2.05) is 6.92 Å². The molecule has 0 saturated heterocycles. The van der Waals surface area contributed by atoms with Crippen LogP contribution < -0.4 is 5.32 Å². The summed E-state index contributed by atoms with van der Waals surface area (Å²) >= 11 is 3.34.